The maximum atomic E-state index is 11.4. The lowest BCUT2D eigenvalue weighted by atomic mass is 10.1. The minimum absolute atomic E-state index is 0.103. The summed E-state index contributed by atoms with van der Waals surface area (Å²) in [6.45, 7) is 4.37. The number of nitrogens with zero attached hydrogens (tertiary/aromatic N) is 1. The molecule has 0 aromatic carbocycles. The Bertz CT molecular complexity index is 338. The van der Waals surface area contributed by atoms with Gasteiger partial charge in [0.15, 0.2) is 0 Å². The Morgan fingerprint density at radius 1 is 1.67 bits per heavy atom. The number of carbonyl (C=O) groups excluding carboxylic acids is 1. The molecule has 4 heteroatoms. The molecule has 0 fully saturated rings. The van der Waals surface area contributed by atoms with Crippen molar-refractivity contribution in [3.8, 4) is 0 Å². The van der Waals surface area contributed by atoms with Crippen LogP contribution in [0.4, 0.5) is 0 Å². The standard InChI is InChI=1S/C11H17N3O/c1-3-10(12)11(15)14-7-9-4-5-13-6-8(9)2/h4-6,10H,3,7,12H2,1-2H3,(H,14,15). The molecule has 0 saturated carbocycles. The minimum atomic E-state index is -0.410. The predicted octanol–water partition coefficient (Wildman–Crippen LogP) is 0.744. The molecule has 0 radical (unpaired) electrons. The summed E-state index contributed by atoms with van der Waals surface area (Å²) in [5, 5.41) is 2.80. The summed E-state index contributed by atoms with van der Waals surface area (Å²) in [7, 11) is 0. The first-order chi connectivity index (χ1) is 7.15. The Labute approximate surface area is 89.9 Å². The summed E-state index contributed by atoms with van der Waals surface area (Å²) < 4.78 is 0. The summed E-state index contributed by atoms with van der Waals surface area (Å²) >= 11 is 0. The van der Waals surface area contributed by atoms with Crippen LogP contribution in [0.15, 0.2) is 18.5 Å². The highest BCUT2D eigenvalue weighted by atomic mass is 16.2. The molecule has 0 aliphatic rings. The first-order valence-electron chi connectivity index (χ1n) is 5.08. The van der Waals surface area contributed by atoms with Crippen molar-refractivity contribution in [3.05, 3.63) is 29.6 Å². The molecule has 82 valence electrons. The van der Waals surface area contributed by atoms with Crippen LogP contribution in [0.25, 0.3) is 0 Å². The molecule has 3 N–H and O–H groups in total. The van der Waals surface area contributed by atoms with Gasteiger partial charge in [-0.2, -0.15) is 0 Å². The number of hydrogen-bond acceptors (Lipinski definition) is 3. The summed E-state index contributed by atoms with van der Waals surface area (Å²) in [4.78, 5) is 15.4. The second-order valence-electron chi connectivity index (χ2n) is 3.53. The SMILES string of the molecule is CCC(N)C(=O)NCc1ccncc1C. The van der Waals surface area contributed by atoms with Crippen LogP contribution < -0.4 is 11.1 Å². The van der Waals surface area contributed by atoms with Crippen LogP contribution in [0.5, 0.6) is 0 Å². The molecule has 4 nitrogen and oxygen atoms in total. The normalized spacial score (nSPS) is 12.2. The van der Waals surface area contributed by atoms with Gasteiger partial charge in [-0.15, -0.1) is 0 Å². The minimum Gasteiger partial charge on any atom is -0.351 e. The lowest BCUT2D eigenvalue weighted by molar-refractivity contribution is -0.122. The van der Waals surface area contributed by atoms with Crippen molar-refractivity contribution in [2.24, 2.45) is 5.73 Å². The highest BCUT2D eigenvalue weighted by Gasteiger charge is 2.10. The summed E-state index contributed by atoms with van der Waals surface area (Å²) in [6.07, 6.45) is 4.15. The molecule has 1 amide bonds. The van der Waals surface area contributed by atoms with Crippen molar-refractivity contribution in [1.82, 2.24) is 10.3 Å². The molecule has 1 rings (SSSR count). The van der Waals surface area contributed by atoms with E-state index in [-0.39, 0.29) is 5.91 Å². The summed E-state index contributed by atoms with van der Waals surface area (Å²) in [5.74, 6) is -0.103. The molecule has 0 bridgehead atoms. The smallest absolute Gasteiger partial charge is 0.237 e. The fraction of sp³-hybridized carbons (Fsp3) is 0.455. The van der Waals surface area contributed by atoms with Gasteiger partial charge in [-0.1, -0.05) is 6.92 Å². The zero-order valence-electron chi connectivity index (χ0n) is 9.16. The van der Waals surface area contributed by atoms with E-state index in [0.717, 1.165) is 11.1 Å². The first-order valence-corrected chi connectivity index (χ1v) is 5.08. The number of carbonyl (C=O) groups is 1. The van der Waals surface area contributed by atoms with Gasteiger partial charge < -0.3 is 11.1 Å². The molecule has 15 heavy (non-hydrogen) atoms. The quantitative estimate of drug-likeness (QED) is 0.765. The van der Waals surface area contributed by atoms with Crippen LogP contribution in [0, 0.1) is 6.92 Å². The van der Waals surface area contributed by atoms with Gasteiger partial charge >= 0.3 is 0 Å². The predicted molar refractivity (Wildman–Crippen MR) is 59.1 cm³/mol. The third-order valence-corrected chi connectivity index (χ3v) is 2.37. The number of aromatic nitrogens is 1. The molecule has 0 spiro atoms. The van der Waals surface area contributed by atoms with E-state index >= 15 is 0 Å². The van der Waals surface area contributed by atoms with Crippen molar-refractivity contribution >= 4 is 5.91 Å². The maximum absolute atomic E-state index is 11.4. The molecule has 0 aliphatic heterocycles. The lowest BCUT2D eigenvalue weighted by Gasteiger charge is -2.11. The van der Waals surface area contributed by atoms with E-state index in [2.05, 4.69) is 10.3 Å². The third kappa shape index (κ3) is 3.32. The van der Waals surface area contributed by atoms with Crippen LogP contribution in [0.1, 0.15) is 24.5 Å². The molecular weight excluding hydrogens is 190 g/mol. The van der Waals surface area contributed by atoms with Crippen LogP contribution in [0.3, 0.4) is 0 Å². The number of hydrogen-bond donors (Lipinski definition) is 2. The number of rotatable bonds is 4. The highest BCUT2D eigenvalue weighted by Crippen LogP contribution is 2.04. The molecule has 1 unspecified atom stereocenters. The zero-order chi connectivity index (χ0) is 11.3. The summed E-state index contributed by atoms with van der Waals surface area (Å²) in [6, 6.07) is 1.49. The molecule has 1 atom stereocenters. The van der Waals surface area contributed by atoms with Crippen molar-refractivity contribution in [1.29, 1.82) is 0 Å². The molecule has 0 aliphatic carbocycles. The Morgan fingerprint density at radius 2 is 2.40 bits per heavy atom. The van der Waals surface area contributed by atoms with Gasteiger partial charge in [0.1, 0.15) is 0 Å². The molecule has 1 aromatic rings. The Hall–Kier alpha value is -1.42. The average Bonchev–Trinajstić information content (AvgIpc) is 2.26. The van der Waals surface area contributed by atoms with Gasteiger partial charge in [0, 0.05) is 18.9 Å². The second-order valence-corrected chi connectivity index (χ2v) is 3.53. The van der Waals surface area contributed by atoms with Gasteiger partial charge in [0.25, 0.3) is 0 Å². The van der Waals surface area contributed by atoms with E-state index in [1.807, 2.05) is 19.9 Å². The van der Waals surface area contributed by atoms with E-state index in [9.17, 15) is 4.79 Å². The van der Waals surface area contributed by atoms with E-state index in [1.165, 1.54) is 0 Å². The highest BCUT2D eigenvalue weighted by molar-refractivity contribution is 5.81. The van der Waals surface area contributed by atoms with E-state index in [0.29, 0.717) is 13.0 Å². The molecular formula is C11H17N3O. The fourth-order valence-corrected chi connectivity index (χ4v) is 1.20. The van der Waals surface area contributed by atoms with Gasteiger partial charge in [-0.25, -0.2) is 0 Å². The number of nitrogens with one attached hydrogen (secondary N) is 1. The Morgan fingerprint density at radius 3 is 3.00 bits per heavy atom. The lowest BCUT2D eigenvalue weighted by Crippen LogP contribution is -2.39. The van der Waals surface area contributed by atoms with Crippen molar-refractivity contribution in [2.75, 3.05) is 0 Å². The van der Waals surface area contributed by atoms with Gasteiger partial charge in [-0.05, 0) is 30.5 Å². The van der Waals surface area contributed by atoms with Crippen molar-refractivity contribution in [3.63, 3.8) is 0 Å². The van der Waals surface area contributed by atoms with Gasteiger partial charge in [0.2, 0.25) is 5.91 Å². The topological polar surface area (TPSA) is 68.0 Å². The Kier molecular flexibility index (Phi) is 4.24. The first kappa shape index (κ1) is 11.7. The monoisotopic (exact) mass is 207 g/mol. The van der Waals surface area contributed by atoms with E-state index in [1.54, 1.807) is 12.4 Å². The Balaban J connectivity index is 2.51. The fourth-order valence-electron chi connectivity index (χ4n) is 1.20. The molecule has 0 saturated heterocycles. The van der Waals surface area contributed by atoms with Crippen LogP contribution in [-0.2, 0) is 11.3 Å². The summed E-state index contributed by atoms with van der Waals surface area (Å²) in [5.41, 5.74) is 7.74. The zero-order valence-corrected chi connectivity index (χ0v) is 9.16. The average molecular weight is 207 g/mol. The number of aryl methyl sites for hydroxylation is 1. The maximum Gasteiger partial charge on any atom is 0.237 e. The van der Waals surface area contributed by atoms with E-state index in [4.69, 9.17) is 5.73 Å². The van der Waals surface area contributed by atoms with Crippen LogP contribution >= 0.6 is 0 Å². The van der Waals surface area contributed by atoms with Gasteiger partial charge in [-0.3, -0.25) is 9.78 Å². The number of nitrogens with two attached hydrogens (primary N) is 1. The number of amides is 1. The van der Waals surface area contributed by atoms with Crippen molar-refractivity contribution in [2.45, 2.75) is 32.9 Å². The molecule has 1 heterocycles. The largest absolute Gasteiger partial charge is 0.351 e. The second kappa shape index (κ2) is 5.46. The molecule has 1 aromatic heterocycles. The van der Waals surface area contributed by atoms with Gasteiger partial charge in [0.05, 0.1) is 6.04 Å². The number of pyridine rings is 1. The third-order valence-electron chi connectivity index (χ3n) is 2.37. The van der Waals surface area contributed by atoms with Crippen molar-refractivity contribution < 1.29 is 4.79 Å². The van der Waals surface area contributed by atoms with E-state index < -0.39 is 6.04 Å². The van der Waals surface area contributed by atoms with Crippen LogP contribution in [0.2, 0.25) is 0 Å². The van der Waals surface area contributed by atoms with Crippen LogP contribution in [-0.4, -0.2) is 16.9 Å².